The third kappa shape index (κ3) is 4.36. The molecule has 21 heavy (non-hydrogen) atoms. The minimum Gasteiger partial charge on any atom is -0.493 e. The van der Waals surface area contributed by atoms with Crippen LogP contribution in [0.3, 0.4) is 0 Å². The summed E-state index contributed by atoms with van der Waals surface area (Å²) < 4.78 is 44.2. The van der Waals surface area contributed by atoms with E-state index in [0.29, 0.717) is 12.0 Å². The highest BCUT2D eigenvalue weighted by atomic mass is 35.5. The van der Waals surface area contributed by atoms with Gasteiger partial charge in [-0.1, -0.05) is 12.1 Å². The summed E-state index contributed by atoms with van der Waals surface area (Å²) in [6, 6.07) is 7.47. The zero-order valence-electron chi connectivity index (χ0n) is 11.0. The quantitative estimate of drug-likeness (QED) is 0.760. The summed E-state index contributed by atoms with van der Waals surface area (Å²) in [5.74, 6) is -0.153. The van der Waals surface area contributed by atoms with Gasteiger partial charge in [0.25, 0.3) is 0 Å². The van der Waals surface area contributed by atoms with Gasteiger partial charge in [-0.2, -0.15) is 13.2 Å². The van der Waals surface area contributed by atoms with Crippen molar-refractivity contribution in [2.45, 2.75) is 18.5 Å². The number of halogens is 4. The smallest absolute Gasteiger partial charge is 0.419 e. The standard InChI is InChI=1S/C15H13ClF3NO/c16-9-12-3-4-14(13(8-12)15(17,18)19)21-7-5-11-2-1-6-20-10-11/h1-4,6,8,10H,5,7,9H2. The fourth-order valence-electron chi connectivity index (χ4n) is 1.83. The largest absolute Gasteiger partial charge is 0.493 e. The van der Waals surface area contributed by atoms with E-state index < -0.39 is 11.7 Å². The van der Waals surface area contributed by atoms with Crippen LogP contribution in [0.1, 0.15) is 16.7 Å². The highest BCUT2D eigenvalue weighted by molar-refractivity contribution is 6.17. The highest BCUT2D eigenvalue weighted by Crippen LogP contribution is 2.37. The van der Waals surface area contributed by atoms with Crippen molar-refractivity contribution in [3.05, 3.63) is 59.4 Å². The Balaban J connectivity index is 2.09. The average molecular weight is 316 g/mol. The lowest BCUT2D eigenvalue weighted by molar-refractivity contribution is -0.139. The van der Waals surface area contributed by atoms with Crippen molar-refractivity contribution in [1.29, 1.82) is 0 Å². The molecule has 0 radical (unpaired) electrons. The highest BCUT2D eigenvalue weighted by Gasteiger charge is 2.34. The average Bonchev–Trinajstić information content (AvgIpc) is 2.47. The molecule has 6 heteroatoms. The molecule has 0 unspecified atom stereocenters. The Morgan fingerprint density at radius 2 is 1.95 bits per heavy atom. The molecule has 1 heterocycles. The molecule has 2 aromatic rings. The lowest BCUT2D eigenvalue weighted by Gasteiger charge is -2.15. The zero-order chi connectivity index (χ0) is 15.3. The van der Waals surface area contributed by atoms with Crippen molar-refractivity contribution in [2.24, 2.45) is 0 Å². The summed E-state index contributed by atoms with van der Waals surface area (Å²) in [6.45, 7) is 0.148. The Morgan fingerprint density at radius 3 is 2.57 bits per heavy atom. The third-order valence-corrected chi connectivity index (χ3v) is 3.18. The van der Waals surface area contributed by atoms with Crippen molar-refractivity contribution < 1.29 is 17.9 Å². The van der Waals surface area contributed by atoms with Gasteiger partial charge in [-0.3, -0.25) is 4.98 Å². The van der Waals surface area contributed by atoms with Gasteiger partial charge in [0.2, 0.25) is 0 Å². The predicted molar refractivity (Wildman–Crippen MR) is 74.4 cm³/mol. The normalized spacial score (nSPS) is 11.4. The van der Waals surface area contributed by atoms with Crippen molar-refractivity contribution in [2.75, 3.05) is 6.61 Å². The maximum Gasteiger partial charge on any atom is 0.419 e. The van der Waals surface area contributed by atoms with Crippen molar-refractivity contribution in [3.8, 4) is 5.75 Å². The van der Waals surface area contributed by atoms with Crippen LogP contribution < -0.4 is 4.74 Å². The van der Waals surface area contributed by atoms with E-state index in [4.69, 9.17) is 16.3 Å². The molecule has 0 fully saturated rings. The van der Waals surface area contributed by atoms with E-state index in [-0.39, 0.29) is 18.2 Å². The first-order valence-electron chi connectivity index (χ1n) is 6.28. The van der Waals surface area contributed by atoms with Gasteiger partial charge in [-0.15, -0.1) is 11.6 Å². The summed E-state index contributed by atoms with van der Waals surface area (Å²) in [7, 11) is 0. The monoisotopic (exact) mass is 315 g/mol. The molecule has 0 N–H and O–H groups in total. The minimum atomic E-state index is -4.47. The van der Waals surface area contributed by atoms with E-state index in [0.717, 1.165) is 11.6 Å². The molecule has 0 atom stereocenters. The van der Waals surface area contributed by atoms with E-state index in [2.05, 4.69) is 4.98 Å². The fraction of sp³-hybridized carbons (Fsp3) is 0.267. The predicted octanol–water partition coefficient (Wildman–Crippen LogP) is 4.46. The molecule has 0 spiro atoms. The first-order chi connectivity index (χ1) is 10.0. The lowest BCUT2D eigenvalue weighted by atomic mass is 10.1. The number of aromatic nitrogens is 1. The van der Waals surface area contributed by atoms with Gasteiger partial charge < -0.3 is 4.74 Å². The second kappa shape index (κ2) is 6.80. The first-order valence-corrected chi connectivity index (χ1v) is 6.82. The number of hydrogen-bond donors (Lipinski definition) is 0. The molecular formula is C15H13ClF3NO. The third-order valence-electron chi connectivity index (χ3n) is 2.87. The van der Waals surface area contributed by atoms with Gasteiger partial charge in [0.1, 0.15) is 5.75 Å². The SMILES string of the molecule is FC(F)(F)c1cc(CCl)ccc1OCCc1cccnc1. The molecule has 0 saturated heterocycles. The van der Waals surface area contributed by atoms with Gasteiger partial charge in [-0.25, -0.2) is 0 Å². The number of ether oxygens (including phenoxy) is 1. The van der Waals surface area contributed by atoms with Gasteiger partial charge in [-0.05, 0) is 29.3 Å². The summed E-state index contributed by atoms with van der Waals surface area (Å²) in [5.41, 5.74) is 0.513. The number of benzene rings is 1. The molecule has 0 saturated carbocycles. The van der Waals surface area contributed by atoms with Gasteiger partial charge >= 0.3 is 6.18 Å². The molecule has 2 rings (SSSR count). The van der Waals surface area contributed by atoms with Crippen LogP contribution >= 0.6 is 11.6 Å². The van der Waals surface area contributed by atoms with Gasteiger partial charge in [0.15, 0.2) is 0 Å². The summed E-state index contributed by atoms with van der Waals surface area (Å²) in [6.07, 6.45) is -0.685. The molecular weight excluding hydrogens is 303 g/mol. The van der Waals surface area contributed by atoms with Gasteiger partial charge in [0, 0.05) is 24.7 Å². The van der Waals surface area contributed by atoms with Crippen molar-refractivity contribution in [3.63, 3.8) is 0 Å². The maximum atomic E-state index is 13.0. The molecule has 112 valence electrons. The number of rotatable bonds is 5. The zero-order valence-corrected chi connectivity index (χ0v) is 11.8. The molecule has 0 aliphatic carbocycles. The fourth-order valence-corrected chi connectivity index (χ4v) is 2.00. The van der Waals surface area contributed by atoms with Crippen LogP contribution in [0.4, 0.5) is 13.2 Å². The van der Waals surface area contributed by atoms with Crippen molar-refractivity contribution in [1.82, 2.24) is 4.98 Å². The van der Waals surface area contributed by atoms with E-state index in [9.17, 15) is 13.2 Å². The Morgan fingerprint density at radius 1 is 1.14 bits per heavy atom. The van der Waals surface area contributed by atoms with Crippen LogP contribution in [0.25, 0.3) is 0 Å². The van der Waals surface area contributed by atoms with Gasteiger partial charge in [0.05, 0.1) is 12.2 Å². The molecule has 0 aliphatic rings. The molecule has 0 bridgehead atoms. The Hall–Kier alpha value is -1.75. The molecule has 1 aromatic carbocycles. The van der Waals surface area contributed by atoms with Crippen molar-refractivity contribution >= 4 is 11.6 Å². The second-order valence-corrected chi connectivity index (χ2v) is 4.69. The van der Waals surface area contributed by atoms with Crippen LogP contribution in [0.15, 0.2) is 42.7 Å². The molecule has 2 nitrogen and oxygen atoms in total. The number of nitrogens with zero attached hydrogens (tertiary/aromatic N) is 1. The van der Waals surface area contributed by atoms with Crippen LogP contribution in [0.5, 0.6) is 5.75 Å². The number of alkyl halides is 4. The lowest BCUT2D eigenvalue weighted by Crippen LogP contribution is -2.11. The summed E-state index contributed by atoms with van der Waals surface area (Å²) >= 11 is 5.57. The van der Waals surface area contributed by atoms with Crippen LogP contribution in [-0.4, -0.2) is 11.6 Å². The van der Waals surface area contributed by atoms with E-state index in [1.807, 2.05) is 6.07 Å². The van der Waals surface area contributed by atoms with E-state index in [1.54, 1.807) is 18.5 Å². The van der Waals surface area contributed by atoms with Crippen LogP contribution in [0.2, 0.25) is 0 Å². The van der Waals surface area contributed by atoms with E-state index >= 15 is 0 Å². The molecule has 0 amide bonds. The summed E-state index contributed by atoms with van der Waals surface area (Å²) in [5, 5.41) is 0. The second-order valence-electron chi connectivity index (χ2n) is 4.42. The van der Waals surface area contributed by atoms with Crippen LogP contribution in [-0.2, 0) is 18.5 Å². The van der Waals surface area contributed by atoms with Crippen LogP contribution in [0, 0.1) is 0 Å². The minimum absolute atomic E-state index is 0.0268. The Labute approximate surface area is 125 Å². The Bertz CT molecular complexity index is 587. The number of pyridine rings is 1. The molecule has 0 aliphatic heterocycles. The summed E-state index contributed by atoms with van der Waals surface area (Å²) in [4.78, 5) is 3.94. The Kier molecular flexibility index (Phi) is 5.07. The number of hydrogen-bond acceptors (Lipinski definition) is 2. The first kappa shape index (κ1) is 15.6. The topological polar surface area (TPSA) is 22.1 Å². The molecule has 1 aromatic heterocycles. The van der Waals surface area contributed by atoms with E-state index in [1.165, 1.54) is 12.1 Å². The maximum absolute atomic E-state index is 13.0.